The van der Waals surface area contributed by atoms with Crippen LogP contribution in [0, 0.1) is 22.0 Å². The van der Waals surface area contributed by atoms with Crippen LogP contribution in [0.5, 0.6) is 0 Å². The molecule has 0 saturated carbocycles. The number of hydrogen-bond donors (Lipinski definition) is 0. The molecule has 0 aromatic heterocycles. The summed E-state index contributed by atoms with van der Waals surface area (Å²) in [5, 5.41) is 10.9. The molecule has 22 heavy (non-hydrogen) atoms. The first-order valence-corrected chi connectivity index (χ1v) is 8.45. The van der Waals surface area contributed by atoms with Crippen molar-refractivity contribution in [1.82, 2.24) is 0 Å². The van der Waals surface area contributed by atoms with Crippen LogP contribution in [-0.2, 0) is 4.79 Å². The Bertz CT molecular complexity index is 391. The molecule has 0 fully saturated rings. The van der Waals surface area contributed by atoms with Gasteiger partial charge in [-0.2, -0.15) is 0 Å². The van der Waals surface area contributed by atoms with Crippen LogP contribution < -0.4 is 0 Å². The summed E-state index contributed by atoms with van der Waals surface area (Å²) in [4.78, 5) is 20.7. The molecule has 0 amide bonds. The smallest absolute Gasteiger partial charge is 0.254 e. The van der Waals surface area contributed by atoms with Crippen molar-refractivity contribution >= 4 is 6.29 Å². The van der Waals surface area contributed by atoms with Gasteiger partial charge in [0.25, 0.3) is 5.70 Å². The highest BCUT2D eigenvalue weighted by atomic mass is 16.6. The maximum atomic E-state index is 10.9. The number of nitrogens with zero attached hydrogens (tertiary/aromatic N) is 1. The molecule has 0 atom stereocenters. The Morgan fingerprint density at radius 1 is 1.00 bits per heavy atom. The van der Waals surface area contributed by atoms with Gasteiger partial charge < -0.3 is 4.79 Å². The number of rotatable bonds is 13. The second-order valence-electron chi connectivity index (χ2n) is 5.45. The monoisotopic (exact) mass is 307 g/mol. The molecule has 0 radical (unpaired) electrons. The summed E-state index contributed by atoms with van der Waals surface area (Å²) in [5.74, 6) is 5.94. The molecule has 0 aromatic carbocycles. The van der Waals surface area contributed by atoms with E-state index in [1.165, 1.54) is 32.1 Å². The molecule has 0 bridgehead atoms. The fourth-order valence-corrected chi connectivity index (χ4v) is 2.09. The molecule has 0 heterocycles. The average Bonchev–Trinajstić information content (AvgIpc) is 2.50. The van der Waals surface area contributed by atoms with Crippen molar-refractivity contribution in [3.05, 3.63) is 21.9 Å². The van der Waals surface area contributed by atoms with Crippen LogP contribution in [0.2, 0.25) is 0 Å². The van der Waals surface area contributed by atoms with Gasteiger partial charge in [-0.25, -0.2) is 0 Å². The van der Waals surface area contributed by atoms with Gasteiger partial charge in [0.1, 0.15) is 6.29 Å². The molecule has 0 unspecified atom stereocenters. The predicted molar refractivity (Wildman–Crippen MR) is 90.0 cm³/mol. The van der Waals surface area contributed by atoms with Gasteiger partial charge in [0.15, 0.2) is 0 Å². The lowest BCUT2D eigenvalue weighted by atomic mass is 10.1. The molecular formula is C18H29NO3. The summed E-state index contributed by atoms with van der Waals surface area (Å²) in [6.45, 7) is 2.20. The van der Waals surface area contributed by atoms with E-state index < -0.39 is 0 Å². The van der Waals surface area contributed by atoms with Crippen molar-refractivity contribution in [2.24, 2.45) is 0 Å². The molecule has 0 rings (SSSR count). The third-order valence-corrected chi connectivity index (χ3v) is 3.44. The highest BCUT2D eigenvalue weighted by Gasteiger charge is 2.07. The molecule has 0 aromatic rings. The molecule has 0 aliphatic carbocycles. The van der Waals surface area contributed by atoms with Gasteiger partial charge in [-0.1, -0.05) is 44.9 Å². The van der Waals surface area contributed by atoms with Crippen molar-refractivity contribution in [2.75, 3.05) is 0 Å². The van der Waals surface area contributed by atoms with Crippen LogP contribution in [-0.4, -0.2) is 11.2 Å². The molecule has 0 aliphatic heterocycles. The number of carbonyl (C=O) groups excluding carboxylic acids is 1. The zero-order valence-corrected chi connectivity index (χ0v) is 13.8. The van der Waals surface area contributed by atoms with Gasteiger partial charge in [0.2, 0.25) is 0 Å². The Morgan fingerprint density at radius 2 is 1.68 bits per heavy atom. The van der Waals surface area contributed by atoms with Crippen LogP contribution in [0.25, 0.3) is 0 Å². The average molecular weight is 307 g/mol. The lowest BCUT2D eigenvalue weighted by Gasteiger charge is -1.96. The van der Waals surface area contributed by atoms with Crippen molar-refractivity contribution < 1.29 is 9.72 Å². The second-order valence-corrected chi connectivity index (χ2v) is 5.45. The van der Waals surface area contributed by atoms with Crippen LogP contribution in [0.1, 0.15) is 84.0 Å². The van der Waals surface area contributed by atoms with Gasteiger partial charge in [-0.3, -0.25) is 10.1 Å². The molecular weight excluding hydrogens is 278 g/mol. The third-order valence-electron chi connectivity index (χ3n) is 3.44. The molecule has 0 aliphatic rings. The highest BCUT2D eigenvalue weighted by Crippen LogP contribution is 2.08. The van der Waals surface area contributed by atoms with E-state index in [4.69, 9.17) is 0 Å². The first-order valence-electron chi connectivity index (χ1n) is 8.45. The Morgan fingerprint density at radius 3 is 2.36 bits per heavy atom. The molecule has 4 nitrogen and oxygen atoms in total. The van der Waals surface area contributed by atoms with E-state index in [9.17, 15) is 14.9 Å². The van der Waals surface area contributed by atoms with Crippen molar-refractivity contribution in [3.8, 4) is 11.8 Å². The minimum atomic E-state index is -0.348. The fourth-order valence-electron chi connectivity index (χ4n) is 2.09. The SMILES string of the molecule is CCCCCCCCC#CC/C(=C/CCCCC=O)[N+](=O)[O-]. The lowest BCUT2D eigenvalue weighted by molar-refractivity contribution is -0.426. The van der Waals surface area contributed by atoms with Crippen molar-refractivity contribution in [1.29, 1.82) is 0 Å². The Kier molecular flexibility index (Phi) is 14.6. The number of carbonyl (C=O) groups is 1. The normalized spacial score (nSPS) is 10.9. The predicted octanol–water partition coefficient (Wildman–Crippen LogP) is 5.05. The van der Waals surface area contributed by atoms with Crippen molar-refractivity contribution in [2.45, 2.75) is 84.0 Å². The van der Waals surface area contributed by atoms with Gasteiger partial charge >= 0.3 is 0 Å². The maximum absolute atomic E-state index is 10.9. The van der Waals surface area contributed by atoms with Crippen LogP contribution >= 0.6 is 0 Å². The first kappa shape index (κ1) is 20.4. The van der Waals surface area contributed by atoms with E-state index in [2.05, 4.69) is 18.8 Å². The van der Waals surface area contributed by atoms with E-state index in [-0.39, 0.29) is 17.0 Å². The van der Waals surface area contributed by atoms with E-state index in [0.29, 0.717) is 12.8 Å². The van der Waals surface area contributed by atoms with Gasteiger partial charge in [-0.15, -0.1) is 5.92 Å². The first-order chi connectivity index (χ1) is 10.7. The number of allylic oxidation sites excluding steroid dienone is 2. The summed E-state index contributed by atoms with van der Waals surface area (Å²) in [6.07, 6.45) is 13.7. The summed E-state index contributed by atoms with van der Waals surface area (Å²) >= 11 is 0. The topological polar surface area (TPSA) is 60.2 Å². The standard InChI is InChI=1S/C18H29NO3/c1-2-3-4-5-6-7-8-9-12-15-18(19(21)22)16-13-10-11-14-17-20/h16-17H,2-8,10-11,13-15H2,1H3/b18-16-. The van der Waals surface area contributed by atoms with E-state index in [1.807, 2.05) is 0 Å². The van der Waals surface area contributed by atoms with Gasteiger partial charge in [0.05, 0.1) is 11.3 Å². The minimum absolute atomic E-state index is 0.182. The van der Waals surface area contributed by atoms with Crippen molar-refractivity contribution in [3.63, 3.8) is 0 Å². The Balaban J connectivity index is 3.85. The Hall–Kier alpha value is -1.63. The number of hydrogen-bond acceptors (Lipinski definition) is 3. The van der Waals surface area contributed by atoms with E-state index >= 15 is 0 Å². The fraction of sp³-hybridized carbons (Fsp3) is 0.722. The quantitative estimate of drug-likeness (QED) is 0.157. The molecule has 0 spiro atoms. The number of nitro groups is 1. The van der Waals surface area contributed by atoms with Crippen LogP contribution in [0.3, 0.4) is 0 Å². The molecule has 124 valence electrons. The zero-order valence-electron chi connectivity index (χ0n) is 13.8. The highest BCUT2D eigenvalue weighted by molar-refractivity contribution is 5.48. The largest absolute Gasteiger partial charge is 0.303 e. The van der Waals surface area contributed by atoms with Crippen LogP contribution in [0.15, 0.2) is 11.8 Å². The molecule has 0 saturated heterocycles. The van der Waals surface area contributed by atoms with Crippen LogP contribution in [0.4, 0.5) is 0 Å². The third kappa shape index (κ3) is 13.4. The van der Waals surface area contributed by atoms with E-state index in [0.717, 1.165) is 32.0 Å². The van der Waals surface area contributed by atoms with Gasteiger partial charge in [-0.05, 0) is 31.8 Å². The van der Waals surface area contributed by atoms with E-state index in [1.54, 1.807) is 6.08 Å². The summed E-state index contributed by atoms with van der Waals surface area (Å²) < 4.78 is 0. The molecule has 0 N–H and O–H groups in total. The Labute approximate surface area is 134 Å². The number of unbranched alkanes of at least 4 members (excludes halogenated alkanes) is 9. The second kappa shape index (κ2) is 15.8. The molecule has 4 heteroatoms. The lowest BCUT2D eigenvalue weighted by Crippen LogP contribution is -1.97. The van der Waals surface area contributed by atoms with Gasteiger partial charge in [0, 0.05) is 12.8 Å². The zero-order chi connectivity index (χ0) is 16.5. The summed E-state index contributed by atoms with van der Waals surface area (Å²) in [6, 6.07) is 0. The minimum Gasteiger partial charge on any atom is -0.303 e. The summed E-state index contributed by atoms with van der Waals surface area (Å²) in [5.41, 5.74) is 0.182. The summed E-state index contributed by atoms with van der Waals surface area (Å²) in [7, 11) is 0. The maximum Gasteiger partial charge on any atom is 0.254 e. The number of aldehydes is 1.